The fraction of sp³-hybridized carbons (Fsp3) is 0.905. The molecule has 0 spiro atoms. The summed E-state index contributed by atoms with van der Waals surface area (Å²) >= 11 is 0. The molecule has 0 heterocycles. The molecule has 4 aliphatic rings. The van der Waals surface area contributed by atoms with Crippen molar-refractivity contribution in [2.45, 2.75) is 89.9 Å². The minimum absolute atomic E-state index is 0.151. The van der Waals surface area contributed by atoms with Gasteiger partial charge in [-0.25, -0.2) is 0 Å². The summed E-state index contributed by atoms with van der Waals surface area (Å²) in [6, 6.07) is 0. The zero-order valence-corrected chi connectivity index (χ0v) is 15.5. The van der Waals surface area contributed by atoms with Crippen molar-refractivity contribution in [3.8, 4) is 0 Å². The monoisotopic (exact) mass is 334 g/mol. The van der Waals surface area contributed by atoms with Crippen molar-refractivity contribution in [1.82, 2.24) is 0 Å². The van der Waals surface area contributed by atoms with E-state index in [0.717, 1.165) is 51.4 Å². The third-order valence-corrected chi connectivity index (χ3v) is 8.98. The fourth-order valence-corrected chi connectivity index (χ4v) is 7.38. The molecule has 136 valence electrons. The van der Waals surface area contributed by atoms with E-state index >= 15 is 0 Å². The molecule has 3 fully saturated rings. The molecule has 1 unspecified atom stereocenters. The van der Waals surface area contributed by atoms with Crippen LogP contribution in [-0.2, 0) is 0 Å². The van der Waals surface area contributed by atoms with E-state index < -0.39 is 11.7 Å². The second-order valence-corrected chi connectivity index (χ2v) is 9.75. The summed E-state index contributed by atoms with van der Waals surface area (Å²) in [4.78, 5) is 0. The van der Waals surface area contributed by atoms with E-state index in [4.69, 9.17) is 0 Å². The molecule has 4 rings (SSSR count). The number of rotatable bonds is 1. The molecule has 0 aromatic heterocycles. The molecule has 0 aromatic rings. The molecular weight excluding hydrogens is 300 g/mol. The van der Waals surface area contributed by atoms with Crippen LogP contribution < -0.4 is 0 Å². The Balaban J connectivity index is 1.68. The molecule has 4 aliphatic carbocycles. The highest BCUT2D eigenvalue weighted by molar-refractivity contribution is 5.26. The van der Waals surface area contributed by atoms with Crippen LogP contribution in [0.4, 0.5) is 0 Å². The number of hydrogen-bond donors (Lipinski definition) is 3. The number of aliphatic hydroxyl groups excluding tert-OH is 2. The van der Waals surface area contributed by atoms with E-state index in [-0.39, 0.29) is 16.9 Å². The van der Waals surface area contributed by atoms with Crippen LogP contribution in [0.15, 0.2) is 11.6 Å². The predicted molar refractivity (Wildman–Crippen MR) is 94.3 cm³/mol. The first kappa shape index (κ1) is 17.1. The van der Waals surface area contributed by atoms with Crippen LogP contribution in [0.1, 0.15) is 72.1 Å². The highest BCUT2D eigenvalue weighted by Gasteiger charge is 2.64. The van der Waals surface area contributed by atoms with Crippen LogP contribution in [0.25, 0.3) is 0 Å². The van der Waals surface area contributed by atoms with Gasteiger partial charge in [0.15, 0.2) is 0 Å². The van der Waals surface area contributed by atoms with Gasteiger partial charge in [0.1, 0.15) is 0 Å². The summed E-state index contributed by atoms with van der Waals surface area (Å²) in [6.45, 7) is 6.43. The van der Waals surface area contributed by atoms with Gasteiger partial charge in [-0.3, -0.25) is 0 Å². The van der Waals surface area contributed by atoms with Crippen molar-refractivity contribution >= 4 is 0 Å². The molecule has 24 heavy (non-hydrogen) atoms. The number of fused-ring (bicyclic) bond motifs is 5. The van der Waals surface area contributed by atoms with Gasteiger partial charge >= 0.3 is 0 Å². The highest BCUT2D eigenvalue weighted by atomic mass is 16.3. The summed E-state index contributed by atoms with van der Waals surface area (Å²) in [7, 11) is 0. The molecule has 0 aromatic carbocycles. The van der Waals surface area contributed by atoms with Gasteiger partial charge in [0.2, 0.25) is 0 Å². The smallest absolute Gasteiger partial charge is 0.0958 e. The number of hydrogen-bond acceptors (Lipinski definition) is 3. The van der Waals surface area contributed by atoms with Crippen LogP contribution in [0, 0.1) is 28.6 Å². The predicted octanol–water partition coefficient (Wildman–Crippen LogP) is 3.42. The maximum Gasteiger partial charge on any atom is 0.0958 e. The van der Waals surface area contributed by atoms with Gasteiger partial charge in [0.05, 0.1) is 17.8 Å². The average Bonchev–Trinajstić information content (AvgIpc) is 2.81. The lowest BCUT2D eigenvalue weighted by molar-refractivity contribution is -0.170. The molecule has 0 amide bonds. The van der Waals surface area contributed by atoms with Crippen LogP contribution in [-0.4, -0.2) is 33.1 Å². The molecule has 3 saturated carbocycles. The summed E-state index contributed by atoms with van der Waals surface area (Å²) < 4.78 is 0. The third kappa shape index (κ3) is 2.01. The van der Waals surface area contributed by atoms with Crippen LogP contribution in [0.2, 0.25) is 0 Å². The summed E-state index contributed by atoms with van der Waals surface area (Å²) in [6.07, 6.45) is 9.56. The van der Waals surface area contributed by atoms with Gasteiger partial charge in [-0.2, -0.15) is 0 Å². The molecule has 0 aliphatic heterocycles. The van der Waals surface area contributed by atoms with Crippen LogP contribution in [0.5, 0.6) is 0 Å². The normalized spacial score (nSPS) is 55.2. The maximum atomic E-state index is 11.2. The Bertz CT molecular complexity index is 555. The summed E-state index contributed by atoms with van der Waals surface area (Å²) in [5.74, 6) is 1.82. The summed E-state index contributed by atoms with van der Waals surface area (Å²) in [5.41, 5.74) is 0.665. The van der Waals surface area contributed by atoms with Crippen molar-refractivity contribution < 1.29 is 15.3 Å². The molecule has 3 N–H and O–H groups in total. The van der Waals surface area contributed by atoms with Crippen molar-refractivity contribution in [1.29, 1.82) is 0 Å². The van der Waals surface area contributed by atoms with Crippen molar-refractivity contribution in [2.24, 2.45) is 28.6 Å². The van der Waals surface area contributed by atoms with E-state index in [1.165, 1.54) is 5.57 Å². The Hall–Kier alpha value is -0.380. The minimum atomic E-state index is -0.920. The minimum Gasteiger partial charge on any atom is -0.393 e. The third-order valence-electron chi connectivity index (χ3n) is 8.98. The Kier molecular flexibility index (Phi) is 3.77. The second-order valence-electron chi connectivity index (χ2n) is 9.75. The van der Waals surface area contributed by atoms with Gasteiger partial charge in [-0.15, -0.1) is 0 Å². The molecule has 8 atom stereocenters. The molecular formula is C21H34O3. The lowest BCUT2D eigenvalue weighted by atomic mass is 9.46. The SMILES string of the molecule is CC(O)[C@@]1(O)CC[C@H]2[C@@H]3CC=C4C[C@@H](O)CC[C@]4(C)[C@H]3CC[C@@]21C. The summed E-state index contributed by atoms with van der Waals surface area (Å²) in [5, 5.41) is 31.6. The molecule has 3 heteroatoms. The molecule has 0 radical (unpaired) electrons. The Morgan fingerprint density at radius 2 is 1.79 bits per heavy atom. The van der Waals surface area contributed by atoms with Crippen molar-refractivity contribution in [3.05, 3.63) is 11.6 Å². The van der Waals surface area contributed by atoms with E-state index in [9.17, 15) is 15.3 Å². The van der Waals surface area contributed by atoms with Crippen molar-refractivity contribution in [3.63, 3.8) is 0 Å². The lowest BCUT2D eigenvalue weighted by Crippen LogP contribution is -2.58. The molecule has 0 bridgehead atoms. The largest absolute Gasteiger partial charge is 0.393 e. The van der Waals surface area contributed by atoms with E-state index in [1.807, 2.05) is 0 Å². The standard InChI is InChI=1S/C21H34O3/c1-13(22)21(24)11-8-18-16-5-4-14-12-15(23)6-9-19(14,2)17(16)7-10-20(18,21)3/h4,13,15-18,22-24H,5-12H2,1-3H3/t13?,15-,16+,17-,18-,19-,20-,21-/m0/s1. The molecule has 0 saturated heterocycles. The quantitative estimate of drug-likeness (QED) is 0.644. The number of aliphatic hydroxyl groups is 3. The topological polar surface area (TPSA) is 60.7 Å². The zero-order valence-electron chi connectivity index (χ0n) is 15.5. The van der Waals surface area contributed by atoms with E-state index in [0.29, 0.717) is 17.8 Å². The maximum absolute atomic E-state index is 11.2. The zero-order chi connectivity index (χ0) is 17.3. The first-order valence-corrected chi connectivity index (χ1v) is 10.0. The van der Waals surface area contributed by atoms with Crippen molar-refractivity contribution in [2.75, 3.05) is 0 Å². The second kappa shape index (κ2) is 5.31. The van der Waals surface area contributed by atoms with E-state index in [2.05, 4.69) is 19.9 Å². The Morgan fingerprint density at radius 3 is 2.50 bits per heavy atom. The van der Waals surface area contributed by atoms with Gasteiger partial charge in [-0.1, -0.05) is 25.5 Å². The van der Waals surface area contributed by atoms with Crippen LogP contribution in [0.3, 0.4) is 0 Å². The van der Waals surface area contributed by atoms with Gasteiger partial charge in [-0.05, 0) is 81.5 Å². The lowest BCUT2D eigenvalue weighted by Gasteiger charge is -2.59. The van der Waals surface area contributed by atoms with E-state index in [1.54, 1.807) is 6.92 Å². The Labute approximate surface area is 146 Å². The van der Waals surface area contributed by atoms with Gasteiger partial charge in [0.25, 0.3) is 0 Å². The first-order chi connectivity index (χ1) is 11.2. The average molecular weight is 335 g/mol. The highest BCUT2D eigenvalue weighted by Crippen LogP contribution is 2.67. The first-order valence-electron chi connectivity index (χ1n) is 10.0. The number of allylic oxidation sites excluding steroid dienone is 1. The van der Waals surface area contributed by atoms with Gasteiger partial charge in [0, 0.05) is 5.41 Å². The Morgan fingerprint density at radius 1 is 1.08 bits per heavy atom. The molecule has 3 nitrogen and oxygen atoms in total. The fourth-order valence-electron chi connectivity index (χ4n) is 7.38. The van der Waals surface area contributed by atoms with Gasteiger partial charge < -0.3 is 15.3 Å². The van der Waals surface area contributed by atoms with Crippen LogP contribution >= 0.6 is 0 Å².